The minimum atomic E-state index is 0.472. The molecule has 0 saturated carbocycles. The fourth-order valence-corrected chi connectivity index (χ4v) is 2.78. The van der Waals surface area contributed by atoms with Crippen molar-refractivity contribution in [1.82, 2.24) is 5.32 Å². The molecular formula is C13H23NOS. The summed E-state index contributed by atoms with van der Waals surface area (Å²) in [6.45, 7) is 8.57. The predicted octanol–water partition coefficient (Wildman–Crippen LogP) is 3.32. The number of rotatable bonds is 7. The maximum Gasteiger partial charge on any atom is 0.0499 e. The van der Waals surface area contributed by atoms with Gasteiger partial charge in [0.05, 0.1) is 0 Å². The lowest BCUT2D eigenvalue weighted by molar-refractivity contribution is 0.155. The summed E-state index contributed by atoms with van der Waals surface area (Å²) < 4.78 is 5.15. The Bertz CT molecular complexity index is 271. The number of thiophene rings is 1. The van der Waals surface area contributed by atoms with Gasteiger partial charge in [0.1, 0.15) is 0 Å². The molecule has 16 heavy (non-hydrogen) atoms. The summed E-state index contributed by atoms with van der Waals surface area (Å²) in [6, 6.07) is 4.80. The first-order chi connectivity index (χ1) is 7.65. The van der Waals surface area contributed by atoms with Crippen LogP contribution in [-0.4, -0.2) is 20.3 Å². The molecule has 1 heterocycles. The Morgan fingerprint density at radius 1 is 1.38 bits per heavy atom. The van der Waals surface area contributed by atoms with E-state index < -0.39 is 0 Å². The first-order valence-electron chi connectivity index (χ1n) is 5.90. The average molecular weight is 241 g/mol. The van der Waals surface area contributed by atoms with Gasteiger partial charge in [-0.3, -0.25) is 0 Å². The van der Waals surface area contributed by atoms with Crippen LogP contribution in [0.25, 0.3) is 0 Å². The molecule has 2 unspecified atom stereocenters. The molecular weight excluding hydrogens is 218 g/mol. The van der Waals surface area contributed by atoms with E-state index in [1.165, 1.54) is 4.88 Å². The lowest BCUT2D eigenvalue weighted by Gasteiger charge is -2.23. The Hall–Kier alpha value is -0.380. The van der Waals surface area contributed by atoms with E-state index in [4.69, 9.17) is 4.74 Å². The van der Waals surface area contributed by atoms with Crippen molar-refractivity contribution in [2.45, 2.75) is 26.8 Å². The van der Waals surface area contributed by atoms with E-state index in [0.717, 1.165) is 13.2 Å². The van der Waals surface area contributed by atoms with Crippen molar-refractivity contribution < 1.29 is 4.74 Å². The van der Waals surface area contributed by atoms with E-state index in [9.17, 15) is 0 Å². The van der Waals surface area contributed by atoms with E-state index in [-0.39, 0.29) is 0 Å². The number of nitrogens with one attached hydrogen (secondary N) is 1. The Morgan fingerprint density at radius 2 is 2.12 bits per heavy atom. The third kappa shape index (κ3) is 4.24. The Morgan fingerprint density at radius 3 is 2.62 bits per heavy atom. The lowest BCUT2D eigenvalue weighted by atomic mass is 10.0. The SMILES string of the molecule is COCC(C)CNC(c1cccs1)C(C)C. The molecule has 1 N–H and O–H groups in total. The molecule has 92 valence electrons. The van der Waals surface area contributed by atoms with Gasteiger partial charge in [-0.2, -0.15) is 0 Å². The van der Waals surface area contributed by atoms with Gasteiger partial charge in [0.15, 0.2) is 0 Å². The van der Waals surface area contributed by atoms with Gasteiger partial charge < -0.3 is 10.1 Å². The number of hydrogen-bond acceptors (Lipinski definition) is 3. The van der Waals surface area contributed by atoms with Gasteiger partial charge in [0, 0.05) is 31.2 Å². The molecule has 1 aromatic heterocycles. The van der Waals surface area contributed by atoms with Crippen molar-refractivity contribution in [3.8, 4) is 0 Å². The van der Waals surface area contributed by atoms with Crippen molar-refractivity contribution in [2.75, 3.05) is 20.3 Å². The highest BCUT2D eigenvalue weighted by Crippen LogP contribution is 2.25. The zero-order valence-electron chi connectivity index (χ0n) is 10.7. The van der Waals surface area contributed by atoms with Crippen molar-refractivity contribution in [1.29, 1.82) is 0 Å². The minimum Gasteiger partial charge on any atom is -0.384 e. The molecule has 0 aliphatic heterocycles. The van der Waals surface area contributed by atoms with Crippen LogP contribution in [0.5, 0.6) is 0 Å². The van der Waals surface area contributed by atoms with Crippen molar-refractivity contribution in [3.05, 3.63) is 22.4 Å². The zero-order valence-corrected chi connectivity index (χ0v) is 11.5. The van der Waals surface area contributed by atoms with Crippen LogP contribution >= 0.6 is 11.3 Å². The number of methoxy groups -OCH3 is 1. The normalized spacial score (nSPS) is 15.3. The molecule has 0 aromatic carbocycles. The Labute approximate surface area is 103 Å². The van der Waals surface area contributed by atoms with Crippen LogP contribution in [0.2, 0.25) is 0 Å². The molecule has 3 heteroatoms. The predicted molar refractivity (Wildman–Crippen MR) is 70.9 cm³/mol. The van der Waals surface area contributed by atoms with Crippen molar-refractivity contribution in [3.63, 3.8) is 0 Å². The van der Waals surface area contributed by atoms with Crippen LogP contribution in [0.3, 0.4) is 0 Å². The third-order valence-corrected chi connectivity index (χ3v) is 3.61. The molecule has 1 rings (SSSR count). The summed E-state index contributed by atoms with van der Waals surface area (Å²) in [4.78, 5) is 1.43. The molecule has 0 fully saturated rings. The van der Waals surface area contributed by atoms with Gasteiger partial charge >= 0.3 is 0 Å². The summed E-state index contributed by atoms with van der Waals surface area (Å²) in [7, 11) is 1.76. The smallest absolute Gasteiger partial charge is 0.0499 e. The molecule has 0 amide bonds. The van der Waals surface area contributed by atoms with Crippen molar-refractivity contribution in [2.24, 2.45) is 11.8 Å². The molecule has 2 atom stereocenters. The first kappa shape index (κ1) is 13.7. The standard InChI is InChI=1S/C13H23NOS/c1-10(2)13(12-6-5-7-16-12)14-8-11(3)9-15-4/h5-7,10-11,13-14H,8-9H2,1-4H3. The number of ether oxygens (including phenoxy) is 1. The van der Waals surface area contributed by atoms with Crippen LogP contribution in [-0.2, 0) is 4.74 Å². The van der Waals surface area contributed by atoms with Crippen LogP contribution in [0, 0.1) is 11.8 Å². The van der Waals surface area contributed by atoms with Gasteiger partial charge in [-0.15, -0.1) is 11.3 Å². The molecule has 0 aliphatic carbocycles. The van der Waals surface area contributed by atoms with E-state index in [0.29, 0.717) is 17.9 Å². The number of hydrogen-bond donors (Lipinski definition) is 1. The third-order valence-electron chi connectivity index (χ3n) is 2.65. The van der Waals surface area contributed by atoms with Crippen LogP contribution in [0.15, 0.2) is 17.5 Å². The van der Waals surface area contributed by atoms with E-state index >= 15 is 0 Å². The second-order valence-corrected chi connectivity index (χ2v) is 5.69. The molecule has 0 radical (unpaired) electrons. The fourth-order valence-electron chi connectivity index (χ4n) is 1.80. The maximum atomic E-state index is 5.15. The zero-order chi connectivity index (χ0) is 12.0. The fraction of sp³-hybridized carbons (Fsp3) is 0.692. The maximum absolute atomic E-state index is 5.15. The van der Waals surface area contributed by atoms with Crippen LogP contribution in [0.1, 0.15) is 31.7 Å². The van der Waals surface area contributed by atoms with Crippen molar-refractivity contribution >= 4 is 11.3 Å². The average Bonchev–Trinajstić information content (AvgIpc) is 2.71. The summed E-state index contributed by atoms with van der Waals surface area (Å²) in [6.07, 6.45) is 0. The molecule has 2 nitrogen and oxygen atoms in total. The summed E-state index contributed by atoms with van der Waals surface area (Å²) in [5.41, 5.74) is 0. The Kier molecular flexibility index (Phi) is 6.03. The highest BCUT2D eigenvalue weighted by molar-refractivity contribution is 7.10. The second kappa shape index (κ2) is 7.05. The monoisotopic (exact) mass is 241 g/mol. The Balaban J connectivity index is 2.47. The van der Waals surface area contributed by atoms with E-state index in [1.807, 2.05) is 11.3 Å². The lowest BCUT2D eigenvalue weighted by Crippen LogP contribution is -2.30. The minimum absolute atomic E-state index is 0.472. The highest BCUT2D eigenvalue weighted by atomic mass is 32.1. The summed E-state index contributed by atoms with van der Waals surface area (Å²) in [5, 5.41) is 5.78. The van der Waals surface area contributed by atoms with Gasteiger partial charge in [0.25, 0.3) is 0 Å². The quantitative estimate of drug-likeness (QED) is 0.790. The van der Waals surface area contributed by atoms with Crippen LogP contribution < -0.4 is 5.32 Å². The van der Waals surface area contributed by atoms with Gasteiger partial charge in [0.2, 0.25) is 0 Å². The molecule has 0 saturated heterocycles. The second-order valence-electron chi connectivity index (χ2n) is 4.71. The van der Waals surface area contributed by atoms with Gasteiger partial charge in [-0.1, -0.05) is 26.8 Å². The summed E-state index contributed by atoms with van der Waals surface area (Å²) in [5.74, 6) is 1.18. The largest absolute Gasteiger partial charge is 0.384 e. The van der Waals surface area contributed by atoms with Gasteiger partial charge in [-0.05, 0) is 23.3 Å². The summed E-state index contributed by atoms with van der Waals surface area (Å²) >= 11 is 1.83. The van der Waals surface area contributed by atoms with Gasteiger partial charge in [-0.25, -0.2) is 0 Å². The molecule has 0 spiro atoms. The molecule has 1 aromatic rings. The molecule has 0 bridgehead atoms. The van der Waals surface area contributed by atoms with Crippen LogP contribution in [0.4, 0.5) is 0 Å². The highest BCUT2D eigenvalue weighted by Gasteiger charge is 2.16. The topological polar surface area (TPSA) is 21.3 Å². The van der Waals surface area contributed by atoms with E-state index in [1.54, 1.807) is 7.11 Å². The van der Waals surface area contributed by atoms with E-state index in [2.05, 4.69) is 43.6 Å². The molecule has 0 aliphatic rings. The first-order valence-corrected chi connectivity index (χ1v) is 6.78.